The number of fused-ring (bicyclic) bond motifs is 1. The summed E-state index contributed by atoms with van der Waals surface area (Å²) < 4.78 is 30.2. The maximum atomic E-state index is 14.1. The summed E-state index contributed by atoms with van der Waals surface area (Å²) in [6, 6.07) is 2.92. The van der Waals surface area contributed by atoms with Crippen molar-refractivity contribution in [1.82, 2.24) is 19.3 Å². The Kier molecular flexibility index (Phi) is 4.90. The molecule has 2 aromatic heterocycles. The van der Waals surface area contributed by atoms with Crippen LogP contribution in [-0.4, -0.2) is 25.9 Å². The highest BCUT2D eigenvalue weighted by Gasteiger charge is 2.26. The first kappa shape index (κ1) is 19.6. The van der Waals surface area contributed by atoms with Crippen molar-refractivity contribution in [2.24, 2.45) is 7.05 Å². The summed E-state index contributed by atoms with van der Waals surface area (Å²) in [5.41, 5.74) is 1.78. The molecule has 3 heterocycles. The second kappa shape index (κ2) is 7.26. The van der Waals surface area contributed by atoms with Gasteiger partial charge in [-0.2, -0.15) is 9.78 Å². The largest absolute Gasteiger partial charge is 0.362 e. The van der Waals surface area contributed by atoms with Crippen LogP contribution in [0.5, 0.6) is 0 Å². The third-order valence-corrected chi connectivity index (χ3v) is 5.54. The number of hydrogen-bond acceptors (Lipinski definition) is 4. The van der Waals surface area contributed by atoms with Gasteiger partial charge >= 0.3 is 0 Å². The molecule has 0 bridgehead atoms. The second-order valence-electron chi connectivity index (χ2n) is 7.41. The highest BCUT2D eigenvalue weighted by Crippen LogP contribution is 2.29. The van der Waals surface area contributed by atoms with Crippen LogP contribution in [0.4, 0.5) is 14.5 Å². The van der Waals surface area contributed by atoms with E-state index in [4.69, 9.17) is 16.6 Å². The number of hydrogen-bond donors (Lipinski definition) is 0. The van der Waals surface area contributed by atoms with Gasteiger partial charge in [-0.3, -0.25) is 4.79 Å². The highest BCUT2D eigenvalue weighted by atomic mass is 35.5. The molecule has 0 N–H and O–H groups in total. The van der Waals surface area contributed by atoms with Gasteiger partial charge < -0.3 is 9.47 Å². The molecule has 9 heteroatoms. The molecule has 1 aromatic carbocycles. The van der Waals surface area contributed by atoms with Crippen LogP contribution < -0.4 is 10.5 Å². The van der Waals surface area contributed by atoms with E-state index < -0.39 is 17.2 Å². The average Bonchev–Trinajstić information content (AvgIpc) is 3.01. The predicted octanol–water partition coefficient (Wildman–Crippen LogP) is 3.58. The quantitative estimate of drug-likeness (QED) is 0.651. The Morgan fingerprint density at radius 1 is 1.21 bits per heavy atom. The number of benzene rings is 1. The molecule has 0 saturated carbocycles. The maximum absolute atomic E-state index is 14.1. The number of rotatable bonds is 3. The Morgan fingerprint density at radius 3 is 2.66 bits per heavy atom. The average molecular weight is 420 g/mol. The van der Waals surface area contributed by atoms with Crippen molar-refractivity contribution in [2.75, 3.05) is 11.4 Å². The molecule has 1 aliphatic heterocycles. The molecular formula is C20H20ClF2N5O. The first-order valence-electron chi connectivity index (χ1n) is 9.30. The van der Waals surface area contributed by atoms with Crippen LogP contribution >= 0.6 is 11.6 Å². The molecule has 3 aromatic rings. The molecule has 0 saturated heterocycles. The molecule has 0 aliphatic carbocycles. The minimum Gasteiger partial charge on any atom is -0.362 e. The van der Waals surface area contributed by atoms with E-state index in [0.717, 1.165) is 34.8 Å². The molecule has 0 atom stereocenters. The maximum Gasteiger partial charge on any atom is 0.292 e. The van der Waals surface area contributed by atoms with Gasteiger partial charge in [0.05, 0.1) is 24.1 Å². The smallest absolute Gasteiger partial charge is 0.292 e. The summed E-state index contributed by atoms with van der Waals surface area (Å²) in [5.74, 6) is -0.301. The monoisotopic (exact) mass is 419 g/mol. The Hall–Kier alpha value is -2.74. The number of halogens is 3. The Balaban J connectivity index is 1.69. The molecule has 1 aliphatic rings. The summed E-state index contributed by atoms with van der Waals surface area (Å²) in [6.45, 7) is 5.35. The van der Waals surface area contributed by atoms with Gasteiger partial charge in [-0.15, -0.1) is 0 Å². The van der Waals surface area contributed by atoms with Gasteiger partial charge in [0, 0.05) is 37.7 Å². The van der Waals surface area contributed by atoms with Crippen LogP contribution in [-0.2, 0) is 20.0 Å². The highest BCUT2D eigenvalue weighted by molar-refractivity contribution is 6.33. The zero-order valence-electron chi connectivity index (χ0n) is 16.3. The first-order valence-corrected chi connectivity index (χ1v) is 9.68. The van der Waals surface area contributed by atoms with E-state index in [9.17, 15) is 13.6 Å². The summed E-state index contributed by atoms with van der Waals surface area (Å²) in [6.07, 6.45) is 2.20. The van der Waals surface area contributed by atoms with Crippen LogP contribution in [0, 0.1) is 11.6 Å². The van der Waals surface area contributed by atoms with Crippen molar-refractivity contribution in [1.29, 1.82) is 0 Å². The first-order chi connectivity index (χ1) is 13.8. The summed E-state index contributed by atoms with van der Waals surface area (Å²) in [5, 5.41) is 4.01. The SMILES string of the molecule is CC(C)c1nc2c(n1C)CCN(c1cnn(-c3ccc(F)cc3F)c(=O)c1Cl)C2. The lowest BCUT2D eigenvalue weighted by Crippen LogP contribution is -2.33. The fraction of sp³-hybridized carbons (Fsp3) is 0.350. The zero-order valence-corrected chi connectivity index (χ0v) is 17.0. The van der Waals surface area contributed by atoms with E-state index >= 15 is 0 Å². The molecule has 0 unspecified atom stereocenters. The van der Waals surface area contributed by atoms with Crippen LogP contribution in [0.3, 0.4) is 0 Å². The van der Waals surface area contributed by atoms with Gasteiger partial charge in [-0.05, 0) is 12.1 Å². The number of imidazole rings is 1. The summed E-state index contributed by atoms with van der Waals surface area (Å²) >= 11 is 6.34. The zero-order chi connectivity index (χ0) is 20.9. The van der Waals surface area contributed by atoms with E-state index in [1.165, 1.54) is 11.9 Å². The lowest BCUT2D eigenvalue weighted by molar-refractivity contribution is 0.570. The molecule has 0 amide bonds. The van der Waals surface area contributed by atoms with Gasteiger partial charge in [0.2, 0.25) is 0 Å². The molecular weight excluding hydrogens is 400 g/mol. The van der Waals surface area contributed by atoms with Crippen molar-refractivity contribution >= 4 is 17.3 Å². The van der Waals surface area contributed by atoms with Crippen molar-refractivity contribution in [2.45, 2.75) is 32.7 Å². The van der Waals surface area contributed by atoms with E-state index in [1.807, 2.05) is 11.9 Å². The van der Waals surface area contributed by atoms with E-state index in [1.54, 1.807) is 0 Å². The Labute approximate surface area is 171 Å². The Bertz CT molecular complexity index is 1150. The van der Waals surface area contributed by atoms with Gasteiger partial charge in [0.1, 0.15) is 22.4 Å². The van der Waals surface area contributed by atoms with Crippen molar-refractivity contribution in [3.8, 4) is 5.69 Å². The molecule has 29 heavy (non-hydrogen) atoms. The van der Waals surface area contributed by atoms with Gasteiger partial charge in [0.15, 0.2) is 5.82 Å². The van der Waals surface area contributed by atoms with Gasteiger partial charge in [0.25, 0.3) is 5.56 Å². The van der Waals surface area contributed by atoms with Gasteiger partial charge in [-0.25, -0.2) is 13.8 Å². The van der Waals surface area contributed by atoms with Crippen molar-refractivity contribution in [3.05, 3.63) is 68.6 Å². The fourth-order valence-corrected chi connectivity index (χ4v) is 3.99. The number of aromatic nitrogens is 4. The topological polar surface area (TPSA) is 56.0 Å². The normalized spacial score (nSPS) is 13.8. The van der Waals surface area contributed by atoms with Crippen LogP contribution in [0.25, 0.3) is 5.69 Å². The second-order valence-corrected chi connectivity index (χ2v) is 7.78. The van der Waals surface area contributed by atoms with Crippen LogP contribution in [0.15, 0.2) is 29.2 Å². The molecule has 0 fully saturated rings. The lowest BCUT2D eigenvalue weighted by atomic mass is 10.1. The minimum absolute atomic E-state index is 0.0628. The van der Waals surface area contributed by atoms with Gasteiger partial charge in [-0.1, -0.05) is 25.4 Å². The van der Waals surface area contributed by atoms with E-state index in [2.05, 4.69) is 23.5 Å². The van der Waals surface area contributed by atoms with Crippen LogP contribution in [0.1, 0.15) is 37.0 Å². The molecule has 4 rings (SSSR count). The summed E-state index contributed by atoms with van der Waals surface area (Å²) in [4.78, 5) is 19.4. The fourth-order valence-electron chi connectivity index (χ4n) is 3.74. The summed E-state index contributed by atoms with van der Waals surface area (Å²) in [7, 11) is 2.02. The standard InChI is InChI=1S/C20H20ClF2N5O/c1-11(2)19-25-14-10-27(7-6-16(14)26(19)3)17-9-24-28(20(29)18(17)21)15-5-4-12(22)8-13(15)23/h4-5,8-9,11H,6-7,10H2,1-3H3. The molecule has 0 spiro atoms. The predicted molar refractivity (Wildman–Crippen MR) is 107 cm³/mol. The van der Waals surface area contributed by atoms with E-state index in [-0.39, 0.29) is 10.7 Å². The Morgan fingerprint density at radius 2 is 1.97 bits per heavy atom. The minimum atomic E-state index is -0.888. The van der Waals surface area contributed by atoms with Crippen LogP contribution in [0.2, 0.25) is 5.02 Å². The van der Waals surface area contributed by atoms with Crippen molar-refractivity contribution < 1.29 is 8.78 Å². The van der Waals surface area contributed by atoms with E-state index in [0.29, 0.717) is 30.8 Å². The number of anilines is 1. The third-order valence-electron chi connectivity index (χ3n) is 5.19. The molecule has 152 valence electrons. The molecule has 0 radical (unpaired) electrons. The third kappa shape index (κ3) is 3.31. The lowest BCUT2D eigenvalue weighted by Gasteiger charge is -2.29. The van der Waals surface area contributed by atoms with Crippen molar-refractivity contribution in [3.63, 3.8) is 0 Å². The number of nitrogens with zero attached hydrogens (tertiary/aromatic N) is 5. The molecule has 6 nitrogen and oxygen atoms in total.